The van der Waals surface area contributed by atoms with E-state index < -0.39 is 0 Å². The maximum absolute atomic E-state index is 11.3. The first kappa shape index (κ1) is 16.5. The number of nitrogens with two attached hydrogens (primary N) is 1. The van der Waals surface area contributed by atoms with Crippen molar-refractivity contribution in [2.75, 3.05) is 33.3 Å². The summed E-state index contributed by atoms with van der Waals surface area (Å²) in [6, 6.07) is 7.80. The normalized spacial score (nSPS) is 10.6. The molecule has 5 heteroatoms. The quantitative estimate of drug-likeness (QED) is 0.661. The molecule has 0 aliphatic carbocycles. The van der Waals surface area contributed by atoms with Gasteiger partial charge in [-0.2, -0.15) is 0 Å². The minimum atomic E-state index is 0.0428. The van der Waals surface area contributed by atoms with Crippen LogP contribution in [-0.4, -0.2) is 44.1 Å². The zero-order valence-electron chi connectivity index (χ0n) is 12.4. The Hall–Kier alpha value is -1.59. The second-order valence-corrected chi connectivity index (χ2v) is 4.56. The predicted octanol–water partition coefficient (Wildman–Crippen LogP) is 0.982. The summed E-state index contributed by atoms with van der Waals surface area (Å²) in [5.41, 5.74) is 6.68. The van der Waals surface area contributed by atoms with Gasteiger partial charge < -0.3 is 15.8 Å². The number of nitrogens with one attached hydrogen (secondary N) is 1. The van der Waals surface area contributed by atoms with E-state index in [0.717, 1.165) is 30.8 Å². The van der Waals surface area contributed by atoms with Crippen molar-refractivity contribution in [1.29, 1.82) is 0 Å². The van der Waals surface area contributed by atoms with Gasteiger partial charge >= 0.3 is 0 Å². The van der Waals surface area contributed by atoms with Gasteiger partial charge in [-0.25, -0.2) is 0 Å². The molecule has 0 radical (unpaired) electrons. The number of hydrogen-bond donors (Lipinski definition) is 2. The summed E-state index contributed by atoms with van der Waals surface area (Å²) in [5, 5.41) is 2.64. The van der Waals surface area contributed by atoms with E-state index in [1.807, 2.05) is 31.2 Å². The first-order valence-electron chi connectivity index (χ1n) is 7.05. The highest BCUT2D eigenvalue weighted by atomic mass is 16.5. The van der Waals surface area contributed by atoms with Crippen molar-refractivity contribution < 1.29 is 9.53 Å². The molecule has 1 aromatic carbocycles. The van der Waals surface area contributed by atoms with E-state index in [2.05, 4.69) is 10.2 Å². The molecule has 0 bridgehead atoms. The van der Waals surface area contributed by atoms with E-state index in [1.165, 1.54) is 0 Å². The Morgan fingerprint density at radius 2 is 2.15 bits per heavy atom. The fourth-order valence-corrected chi connectivity index (χ4v) is 1.91. The highest BCUT2D eigenvalue weighted by Crippen LogP contribution is 2.17. The number of hydrogen-bond acceptors (Lipinski definition) is 4. The molecule has 1 aromatic rings. The van der Waals surface area contributed by atoms with Gasteiger partial charge in [-0.05, 0) is 19.0 Å². The van der Waals surface area contributed by atoms with Gasteiger partial charge in [0.25, 0.3) is 0 Å². The van der Waals surface area contributed by atoms with Crippen LogP contribution >= 0.6 is 0 Å². The number of benzene rings is 1. The Morgan fingerprint density at radius 1 is 1.40 bits per heavy atom. The summed E-state index contributed by atoms with van der Waals surface area (Å²) < 4.78 is 5.75. The molecule has 1 rings (SSSR count). The molecular formula is C15H25N3O2. The lowest BCUT2D eigenvalue weighted by Gasteiger charge is -2.19. The molecular weight excluding hydrogens is 254 g/mol. The van der Waals surface area contributed by atoms with Crippen LogP contribution in [0.3, 0.4) is 0 Å². The lowest BCUT2D eigenvalue weighted by molar-refractivity contribution is -0.121. The standard InChI is InChI=1S/C15H25N3O2/c1-3-18(12-15(19)17-2)9-6-10-20-14-8-5-4-7-13(14)11-16/h4-5,7-8H,3,6,9-12,16H2,1-2H3,(H,17,19). The molecule has 5 nitrogen and oxygen atoms in total. The third-order valence-electron chi connectivity index (χ3n) is 3.16. The van der Waals surface area contributed by atoms with Gasteiger partial charge in [-0.15, -0.1) is 0 Å². The van der Waals surface area contributed by atoms with Gasteiger partial charge in [0, 0.05) is 25.7 Å². The van der Waals surface area contributed by atoms with E-state index >= 15 is 0 Å². The van der Waals surface area contributed by atoms with E-state index in [4.69, 9.17) is 10.5 Å². The Bertz CT molecular complexity index is 410. The highest BCUT2D eigenvalue weighted by Gasteiger charge is 2.07. The van der Waals surface area contributed by atoms with Crippen molar-refractivity contribution in [1.82, 2.24) is 10.2 Å². The van der Waals surface area contributed by atoms with Crippen LogP contribution in [0, 0.1) is 0 Å². The number of para-hydroxylation sites is 1. The summed E-state index contributed by atoms with van der Waals surface area (Å²) in [7, 11) is 1.66. The summed E-state index contributed by atoms with van der Waals surface area (Å²) in [4.78, 5) is 13.4. The van der Waals surface area contributed by atoms with Crippen molar-refractivity contribution >= 4 is 5.91 Å². The topological polar surface area (TPSA) is 67.6 Å². The maximum Gasteiger partial charge on any atom is 0.233 e. The molecule has 0 aliphatic heterocycles. The van der Waals surface area contributed by atoms with Crippen LogP contribution in [0.2, 0.25) is 0 Å². The van der Waals surface area contributed by atoms with Crippen LogP contribution in [0.4, 0.5) is 0 Å². The number of rotatable bonds is 9. The molecule has 0 aliphatic rings. The first-order valence-corrected chi connectivity index (χ1v) is 7.05. The largest absolute Gasteiger partial charge is 0.493 e. The molecule has 0 spiro atoms. The van der Waals surface area contributed by atoms with E-state index in [-0.39, 0.29) is 5.91 Å². The number of ether oxygens (including phenoxy) is 1. The van der Waals surface area contributed by atoms with Crippen molar-refractivity contribution in [2.45, 2.75) is 19.9 Å². The number of nitrogens with zero attached hydrogens (tertiary/aromatic N) is 1. The van der Waals surface area contributed by atoms with Crippen LogP contribution in [-0.2, 0) is 11.3 Å². The van der Waals surface area contributed by atoms with Crippen molar-refractivity contribution in [2.24, 2.45) is 5.73 Å². The highest BCUT2D eigenvalue weighted by molar-refractivity contribution is 5.77. The number of carbonyl (C=O) groups is 1. The second kappa shape index (κ2) is 9.34. The van der Waals surface area contributed by atoms with Crippen molar-refractivity contribution in [3.05, 3.63) is 29.8 Å². The molecule has 0 aromatic heterocycles. The van der Waals surface area contributed by atoms with Gasteiger partial charge in [0.2, 0.25) is 5.91 Å². The van der Waals surface area contributed by atoms with Crippen molar-refractivity contribution in [3.63, 3.8) is 0 Å². The minimum Gasteiger partial charge on any atom is -0.493 e. The third-order valence-corrected chi connectivity index (χ3v) is 3.16. The second-order valence-electron chi connectivity index (χ2n) is 4.56. The fourth-order valence-electron chi connectivity index (χ4n) is 1.91. The Kier molecular flexibility index (Phi) is 7.69. The van der Waals surface area contributed by atoms with Gasteiger partial charge in [-0.3, -0.25) is 9.69 Å². The monoisotopic (exact) mass is 279 g/mol. The molecule has 0 atom stereocenters. The van der Waals surface area contributed by atoms with E-state index in [9.17, 15) is 4.79 Å². The SMILES string of the molecule is CCN(CCCOc1ccccc1CN)CC(=O)NC. The van der Waals surface area contributed by atoms with Gasteiger partial charge in [0.15, 0.2) is 0 Å². The van der Waals surface area contributed by atoms with Gasteiger partial charge in [0.05, 0.1) is 13.2 Å². The lowest BCUT2D eigenvalue weighted by atomic mass is 10.2. The van der Waals surface area contributed by atoms with Crippen LogP contribution < -0.4 is 15.8 Å². The zero-order chi connectivity index (χ0) is 14.8. The maximum atomic E-state index is 11.3. The number of carbonyl (C=O) groups excluding carboxylic acids is 1. The summed E-state index contributed by atoms with van der Waals surface area (Å²) >= 11 is 0. The molecule has 0 unspecified atom stereocenters. The van der Waals surface area contributed by atoms with Crippen LogP contribution in [0.5, 0.6) is 5.75 Å². The number of amides is 1. The van der Waals surface area contributed by atoms with Crippen molar-refractivity contribution in [3.8, 4) is 5.75 Å². The summed E-state index contributed by atoms with van der Waals surface area (Å²) in [5.74, 6) is 0.894. The van der Waals surface area contributed by atoms with Crippen LogP contribution in [0.1, 0.15) is 18.9 Å². The smallest absolute Gasteiger partial charge is 0.233 e. The first-order chi connectivity index (χ1) is 9.71. The van der Waals surface area contributed by atoms with Crippen LogP contribution in [0.15, 0.2) is 24.3 Å². The molecule has 0 saturated heterocycles. The molecule has 1 amide bonds. The van der Waals surface area contributed by atoms with Gasteiger partial charge in [-0.1, -0.05) is 25.1 Å². The van der Waals surface area contributed by atoms with Gasteiger partial charge in [0.1, 0.15) is 5.75 Å². The minimum absolute atomic E-state index is 0.0428. The summed E-state index contributed by atoms with van der Waals surface area (Å²) in [6.45, 7) is 5.29. The molecule has 0 saturated carbocycles. The lowest BCUT2D eigenvalue weighted by Crippen LogP contribution is -2.36. The van der Waals surface area contributed by atoms with E-state index in [0.29, 0.717) is 19.7 Å². The average Bonchev–Trinajstić information content (AvgIpc) is 2.50. The predicted molar refractivity (Wildman–Crippen MR) is 80.6 cm³/mol. The molecule has 0 heterocycles. The van der Waals surface area contributed by atoms with Crippen LogP contribution in [0.25, 0.3) is 0 Å². The Balaban J connectivity index is 2.31. The summed E-state index contributed by atoms with van der Waals surface area (Å²) in [6.07, 6.45) is 0.879. The Labute approximate surface area is 121 Å². The Morgan fingerprint density at radius 3 is 2.80 bits per heavy atom. The fraction of sp³-hybridized carbons (Fsp3) is 0.533. The average molecular weight is 279 g/mol. The molecule has 3 N–H and O–H groups in total. The van der Waals surface area contributed by atoms with E-state index in [1.54, 1.807) is 7.05 Å². The molecule has 0 fully saturated rings. The molecule has 20 heavy (non-hydrogen) atoms. The third kappa shape index (κ3) is 5.59. The molecule has 112 valence electrons. The number of likely N-dealkylation sites (N-methyl/N-ethyl adjacent to an activating group) is 2. The zero-order valence-corrected chi connectivity index (χ0v) is 12.4.